The summed E-state index contributed by atoms with van der Waals surface area (Å²) in [6.45, 7) is 11.8. The van der Waals surface area contributed by atoms with Crippen LogP contribution in [-0.4, -0.2) is 6.54 Å². The van der Waals surface area contributed by atoms with Crippen molar-refractivity contribution in [2.45, 2.75) is 59.9 Å². The molecule has 1 N–H and O–H groups in total. The lowest BCUT2D eigenvalue weighted by atomic mass is 9.82. The zero-order valence-electron chi connectivity index (χ0n) is 14.0. The van der Waals surface area contributed by atoms with E-state index >= 15 is 0 Å². The van der Waals surface area contributed by atoms with Crippen molar-refractivity contribution in [3.05, 3.63) is 35.4 Å². The van der Waals surface area contributed by atoms with E-state index < -0.39 is 11.6 Å². The lowest BCUT2D eigenvalue weighted by Crippen LogP contribution is -2.25. The van der Waals surface area contributed by atoms with Gasteiger partial charge in [-0.1, -0.05) is 34.6 Å². The van der Waals surface area contributed by atoms with Crippen molar-refractivity contribution in [3.63, 3.8) is 0 Å². The van der Waals surface area contributed by atoms with Crippen LogP contribution in [0.5, 0.6) is 0 Å². The van der Waals surface area contributed by atoms with Gasteiger partial charge >= 0.3 is 0 Å². The molecule has 120 valence electrons. The topological polar surface area (TPSA) is 12.0 Å². The molecule has 1 aromatic rings. The van der Waals surface area contributed by atoms with E-state index in [4.69, 9.17) is 0 Å². The molecule has 2 unspecified atom stereocenters. The smallest absolute Gasteiger partial charge is 0.126 e. The van der Waals surface area contributed by atoms with Crippen LogP contribution in [0, 0.1) is 23.0 Å². The molecule has 0 fully saturated rings. The summed E-state index contributed by atoms with van der Waals surface area (Å²) in [4.78, 5) is 0. The number of halogens is 2. The highest BCUT2D eigenvalue weighted by Crippen LogP contribution is 2.31. The first-order chi connectivity index (χ1) is 9.71. The number of hydrogen-bond donors (Lipinski definition) is 1. The molecule has 0 aromatic heterocycles. The van der Waals surface area contributed by atoms with Crippen LogP contribution < -0.4 is 5.32 Å². The SMILES string of the molecule is CCCNC(CC(C)CC(C)(C)C)c1cc(F)cc(F)c1. The molecule has 0 aliphatic rings. The van der Waals surface area contributed by atoms with Gasteiger partial charge < -0.3 is 5.32 Å². The Bertz CT molecular complexity index is 417. The molecule has 1 aromatic carbocycles. The summed E-state index contributed by atoms with van der Waals surface area (Å²) in [5.74, 6) is -0.515. The van der Waals surface area contributed by atoms with Crippen molar-refractivity contribution in [1.82, 2.24) is 5.32 Å². The Morgan fingerprint density at radius 2 is 1.67 bits per heavy atom. The second-order valence-electron chi connectivity index (χ2n) is 7.32. The predicted molar refractivity (Wildman–Crippen MR) is 85.2 cm³/mol. The molecular weight excluding hydrogens is 268 g/mol. The Kier molecular flexibility index (Phi) is 6.79. The lowest BCUT2D eigenvalue weighted by molar-refractivity contribution is 0.275. The van der Waals surface area contributed by atoms with Gasteiger partial charge in [-0.3, -0.25) is 0 Å². The van der Waals surface area contributed by atoms with Gasteiger partial charge in [-0.05, 0) is 54.8 Å². The molecule has 1 nitrogen and oxygen atoms in total. The Morgan fingerprint density at radius 3 is 2.14 bits per heavy atom. The Labute approximate surface area is 128 Å². The monoisotopic (exact) mass is 297 g/mol. The number of hydrogen-bond acceptors (Lipinski definition) is 1. The zero-order chi connectivity index (χ0) is 16.0. The Morgan fingerprint density at radius 1 is 1.10 bits per heavy atom. The number of benzene rings is 1. The average Bonchev–Trinajstić information content (AvgIpc) is 2.30. The molecule has 0 aliphatic carbocycles. The molecule has 0 amide bonds. The molecular formula is C18H29F2N. The molecule has 2 atom stereocenters. The molecule has 0 bridgehead atoms. The summed E-state index contributed by atoms with van der Waals surface area (Å²) < 4.78 is 26.9. The molecule has 0 radical (unpaired) electrons. The van der Waals surface area contributed by atoms with Crippen LogP contribution in [0.2, 0.25) is 0 Å². The first-order valence-electron chi connectivity index (χ1n) is 7.90. The largest absolute Gasteiger partial charge is 0.310 e. The molecule has 3 heteroatoms. The minimum absolute atomic E-state index is 0.00694. The second kappa shape index (κ2) is 7.88. The van der Waals surface area contributed by atoms with Crippen LogP contribution in [-0.2, 0) is 0 Å². The van der Waals surface area contributed by atoms with Crippen molar-refractivity contribution >= 4 is 0 Å². The maximum absolute atomic E-state index is 13.5. The van der Waals surface area contributed by atoms with Gasteiger partial charge in [0.2, 0.25) is 0 Å². The van der Waals surface area contributed by atoms with Gasteiger partial charge in [-0.25, -0.2) is 8.78 Å². The maximum Gasteiger partial charge on any atom is 0.126 e. The van der Waals surface area contributed by atoms with Crippen molar-refractivity contribution < 1.29 is 8.78 Å². The standard InChI is InChI=1S/C18H29F2N/c1-6-7-21-17(8-13(2)12-18(3,4)5)14-9-15(19)11-16(20)10-14/h9-11,13,17,21H,6-8,12H2,1-5H3. The minimum atomic E-state index is -0.503. The molecule has 0 aliphatic heterocycles. The third kappa shape index (κ3) is 7.03. The highest BCUT2D eigenvalue weighted by molar-refractivity contribution is 5.21. The predicted octanol–water partition coefficient (Wildman–Crippen LogP) is 5.47. The van der Waals surface area contributed by atoms with E-state index in [1.165, 1.54) is 12.1 Å². The van der Waals surface area contributed by atoms with Crippen LogP contribution >= 0.6 is 0 Å². The van der Waals surface area contributed by atoms with Crippen LogP contribution in [0.15, 0.2) is 18.2 Å². The van der Waals surface area contributed by atoms with Crippen LogP contribution in [0.1, 0.15) is 65.5 Å². The van der Waals surface area contributed by atoms with Gasteiger partial charge in [0.1, 0.15) is 11.6 Å². The summed E-state index contributed by atoms with van der Waals surface area (Å²) in [5, 5.41) is 3.42. The first kappa shape index (κ1) is 18.1. The lowest BCUT2D eigenvalue weighted by Gasteiger charge is -2.27. The first-order valence-corrected chi connectivity index (χ1v) is 7.90. The van der Waals surface area contributed by atoms with Gasteiger partial charge in [0, 0.05) is 12.1 Å². The summed E-state index contributed by atoms with van der Waals surface area (Å²) in [7, 11) is 0. The van der Waals surface area contributed by atoms with E-state index in [0.717, 1.165) is 31.9 Å². The highest BCUT2D eigenvalue weighted by Gasteiger charge is 2.20. The van der Waals surface area contributed by atoms with Crippen molar-refractivity contribution in [1.29, 1.82) is 0 Å². The van der Waals surface area contributed by atoms with E-state index in [0.29, 0.717) is 11.5 Å². The van der Waals surface area contributed by atoms with Crippen molar-refractivity contribution in [3.8, 4) is 0 Å². The van der Waals surface area contributed by atoms with Crippen molar-refractivity contribution in [2.75, 3.05) is 6.54 Å². The maximum atomic E-state index is 13.5. The molecule has 0 spiro atoms. The van der Waals surface area contributed by atoms with Gasteiger partial charge in [-0.2, -0.15) is 0 Å². The fourth-order valence-corrected chi connectivity index (χ4v) is 2.96. The normalized spacial score (nSPS) is 15.0. The molecule has 0 saturated carbocycles. The fourth-order valence-electron chi connectivity index (χ4n) is 2.96. The number of rotatable bonds is 7. The Balaban J connectivity index is 2.84. The van der Waals surface area contributed by atoms with Crippen LogP contribution in [0.4, 0.5) is 8.78 Å². The molecule has 1 rings (SSSR count). The summed E-state index contributed by atoms with van der Waals surface area (Å²) in [5.41, 5.74) is 0.976. The summed E-state index contributed by atoms with van der Waals surface area (Å²) >= 11 is 0. The second-order valence-corrected chi connectivity index (χ2v) is 7.32. The van der Waals surface area contributed by atoms with Crippen molar-refractivity contribution in [2.24, 2.45) is 11.3 Å². The Hall–Kier alpha value is -0.960. The third-order valence-electron chi connectivity index (χ3n) is 3.53. The fraction of sp³-hybridized carbons (Fsp3) is 0.667. The van der Waals surface area contributed by atoms with Gasteiger partial charge in [-0.15, -0.1) is 0 Å². The molecule has 0 saturated heterocycles. The summed E-state index contributed by atoms with van der Waals surface area (Å²) in [6, 6.07) is 3.83. The minimum Gasteiger partial charge on any atom is -0.310 e. The van der Waals surface area contributed by atoms with Gasteiger partial charge in [0.15, 0.2) is 0 Å². The van der Waals surface area contributed by atoms with E-state index in [1.807, 2.05) is 0 Å². The van der Waals surface area contributed by atoms with Crippen LogP contribution in [0.3, 0.4) is 0 Å². The van der Waals surface area contributed by atoms with E-state index in [-0.39, 0.29) is 11.5 Å². The quantitative estimate of drug-likeness (QED) is 0.704. The van der Waals surface area contributed by atoms with E-state index in [9.17, 15) is 8.78 Å². The van der Waals surface area contributed by atoms with E-state index in [2.05, 4.69) is 39.9 Å². The van der Waals surface area contributed by atoms with Gasteiger partial charge in [0.25, 0.3) is 0 Å². The molecule has 0 heterocycles. The molecule has 21 heavy (non-hydrogen) atoms. The highest BCUT2D eigenvalue weighted by atomic mass is 19.1. The summed E-state index contributed by atoms with van der Waals surface area (Å²) in [6.07, 6.45) is 2.98. The van der Waals surface area contributed by atoms with Gasteiger partial charge in [0.05, 0.1) is 0 Å². The average molecular weight is 297 g/mol. The number of nitrogens with one attached hydrogen (secondary N) is 1. The zero-order valence-corrected chi connectivity index (χ0v) is 14.0. The van der Waals surface area contributed by atoms with E-state index in [1.54, 1.807) is 0 Å². The van der Waals surface area contributed by atoms with Crippen LogP contribution in [0.25, 0.3) is 0 Å². The third-order valence-corrected chi connectivity index (χ3v) is 3.53.